The first kappa shape index (κ1) is 9.01. The molecule has 4 heteroatoms. The van der Waals surface area contributed by atoms with Crippen LogP contribution in [0.5, 0.6) is 0 Å². The summed E-state index contributed by atoms with van der Waals surface area (Å²) in [6.45, 7) is 0. The Bertz CT molecular complexity index is 512. The molecule has 2 aromatic rings. The van der Waals surface area contributed by atoms with Gasteiger partial charge >= 0.3 is 0 Å². The summed E-state index contributed by atoms with van der Waals surface area (Å²) in [6.07, 6.45) is 0. The van der Waals surface area contributed by atoms with Gasteiger partial charge in [0.05, 0.1) is 20.4 Å². The molecule has 1 heterocycles. The summed E-state index contributed by atoms with van der Waals surface area (Å²) >= 11 is 10.9. The molecule has 0 saturated carbocycles. The van der Waals surface area contributed by atoms with E-state index in [1.54, 1.807) is 17.4 Å². The third kappa shape index (κ3) is 1.58. The van der Waals surface area contributed by atoms with E-state index in [1.807, 2.05) is 12.1 Å². The molecule has 0 aliphatic carbocycles. The van der Waals surface area contributed by atoms with Crippen LogP contribution in [0.1, 0.15) is 5.56 Å². The van der Waals surface area contributed by atoms with E-state index in [-0.39, 0.29) is 0 Å². The second kappa shape index (κ2) is 3.30. The van der Waals surface area contributed by atoms with Crippen LogP contribution in [0, 0.1) is 11.3 Å². The van der Waals surface area contributed by atoms with Crippen LogP contribution in [-0.2, 0) is 0 Å². The van der Waals surface area contributed by atoms with Crippen LogP contribution in [0.4, 0.5) is 0 Å². The lowest BCUT2D eigenvalue weighted by molar-refractivity contribution is 1.50. The van der Waals surface area contributed by atoms with Crippen molar-refractivity contribution in [3.63, 3.8) is 0 Å². The number of hydrogen-bond donors (Lipinski definition) is 0. The minimum absolute atomic E-state index is 0.604. The summed E-state index contributed by atoms with van der Waals surface area (Å²) in [5, 5.41) is 10.3. The molecule has 1 aromatic heterocycles. The Hall–Kier alpha value is -0.560. The van der Waals surface area contributed by atoms with Gasteiger partial charge in [-0.1, -0.05) is 11.6 Å². The lowest BCUT2D eigenvalue weighted by Gasteiger charge is -1.93. The number of thiophene rings is 1. The van der Waals surface area contributed by atoms with Crippen LogP contribution in [-0.4, -0.2) is 0 Å². The molecule has 13 heavy (non-hydrogen) atoms. The Balaban J connectivity index is 2.85. The smallest absolute Gasteiger partial charge is 0.0992 e. The highest BCUT2D eigenvalue weighted by molar-refractivity contribution is 9.11. The summed E-state index contributed by atoms with van der Waals surface area (Å²) < 4.78 is 2.07. The van der Waals surface area contributed by atoms with Crippen molar-refractivity contribution in [1.29, 1.82) is 5.26 Å². The van der Waals surface area contributed by atoms with Gasteiger partial charge in [-0.15, -0.1) is 11.3 Å². The summed E-state index contributed by atoms with van der Waals surface area (Å²) in [4.78, 5) is 0. The number of nitrogens with zero attached hydrogens (tertiary/aromatic N) is 1. The highest BCUT2D eigenvalue weighted by Crippen LogP contribution is 2.34. The lowest BCUT2D eigenvalue weighted by atomic mass is 10.2. The Morgan fingerprint density at radius 2 is 2.15 bits per heavy atom. The number of fused-ring (bicyclic) bond motifs is 1. The number of halogens is 2. The van der Waals surface area contributed by atoms with Crippen molar-refractivity contribution in [2.75, 3.05) is 0 Å². The maximum absolute atomic E-state index is 8.71. The number of nitriles is 1. The van der Waals surface area contributed by atoms with E-state index in [1.165, 1.54) is 0 Å². The van der Waals surface area contributed by atoms with Gasteiger partial charge in [0.15, 0.2) is 0 Å². The summed E-state index contributed by atoms with van der Waals surface area (Å²) in [7, 11) is 0. The summed E-state index contributed by atoms with van der Waals surface area (Å²) in [6, 6.07) is 7.57. The minimum atomic E-state index is 0.604. The zero-order valence-electron chi connectivity index (χ0n) is 6.34. The third-order valence-corrected chi connectivity index (χ3v) is 3.58. The number of benzene rings is 1. The molecule has 0 radical (unpaired) electrons. The zero-order valence-corrected chi connectivity index (χ0v) is 9.50. The Morgan fingerprint density at radius 1 is 1.38 bits per heavy atom. The van der Waals surface area contributed by atoms with Crippen molar-refractivity contribution in [3.05, 3.63) is 32.6 Å². The Labute approximate surface area is 92.7 Å². The molecule has 0 amide bonds. The molecule has 0 aliphatic heterocycles. The number of rotatable bonds is 0. The van der Waals surface area contributed by atoms with Gasteiger partial charge in [-0.25, -0.2) is 0 Å². The van der Waals surface area contributed by atoms with Gasteiger partial charge in [-0.3, -0.25) is 0 Å². The maximum Gasteiger partial charge on any atom is 0.0992 e. The van der Waals surface area contributed by atoms with Crippen LogP contribution in [0.15, 0.2) is 22.0 Å². The van der Waals surface area contributed by atoms with Crippen molar-refractivity contribution in [1.82, 2.24) is 0 Å². The van der Waals surface area contributed by atoms with Crippen LogP contribution in [0.2, 0.25) is 5.02 Å². The van der Waals surface area contributed by atoms with Crippen molar-refractivity contribution < 1.29 is 0 Å². The number of hydrogen-bond acceptors (Lipinski definition) is 2. The molecule has 1 aromatic carbocycles. The molecule has 0 aliphatic rings. The van der Waals surface area contributed by atoms with Crippen LogP contribution >= 0.6 is 38.9 Å². The minimum Gasteiger partial charge on any atom is -0.192 e. The maximum atomic E-state index is 8.71. The molecule has 1 nitrogen and oxygen atoms in total. The predicted octanol–water partition coefficient (Wildman–Crippen LogP) is 4.19. The third-order valence-electron chi connectivity index (χ3n) is 1.69. The van der Waals surface area contributed by atoms with Gasteiger partial charge in [0, 0.05) is 10.1 Å². The first-order valence-electron chi connectivity index (χ1n) is 3.49. The van der Waals surface area contributed by atoms with E-state index < -0.39 is 0 Å². The molecule has 0 N–H and O–H groups in total. The highest BCUT2D eigenvalue weighted by Gasteiger charge is 2.05. The predicted molar refractivity (Wildman–Crippen MR) is 59.3 cm³/mol. The van der Waals surface area contributed by atoms with Gasteiger partial charge in [-0.05, 0) is 34.1 Å². The second-order valence-electron chi connectivity index (χ2n) is 2.53. The normalized spacial score (nSPS) is 10.2. The van der Waals surface area contributed by atoms with Gasteiger partial charge < -0.3 is 0 Å². The SMILES string of the molecule is N#Cc1cc(Cl)c2cc(Br)sc2c1. The zero-order chi connectivity index (χ0) is 9.42. The van der Waals surface area contributed by atoms with Crippen LogP contribution in [0.25, 0.3) is 10.1 Å². The first-order chi connectivity index (χ1) is 6.20. The molecule has 0 bridgehead atoms. The van der Waals surface area contributed by atoms with E-state index in [0.717, 1.165) is 13.9 Å². The standard InChI is InChI=1S/C9H3BrClNS/c10-9-3-6-7(11)1-5(4-12)2-8(6)13-9/h1-3H. The van der Waals surface area contributed by atoms with Crippen molar-refractivity contribution >= 4 is 49.0 Å². The fourth-order valence-electron chi connectivity index (χ4n) is 1.13. The molecule has 0 fully saturated rings. The van der Waals surface area contributed by atoms with Crippen LogP contribution in [0.3, 0.4) is 0 Å². The quantitative estimate of drug-likeness (QED) is 0.705. The Morgan fingerprint density at radius 3 is 2.85 bits per heavy atom. The van der Waals surface area contributed by atoms with Crippen molar-refractivity contribution in [3.8, 4) is 6.07 Å². The molecular formula is C9H3BrClNS. The molecule has 64 valence electrons. The van der Waals surface area contributed by atoms with Gasteiger partial charge in [0.25, 0.3) is 0 Å². The molecule has 2 rings (SSSR count). The van der Waals surface area contributed by atoms with Crippen LogP contribution < -0.4 is 0 Å². The molecule has 0 saturated heterocycles. The van der Waals surface area contributed by atoms with E-state index in [2.05, 4.69) is 22.0 Å². The molecule has 0 atom stereocenters. The van der Waals surface area contributed by atoms with Gasteiger partial charge in [-0.2, -0.15) is 5.26 Å². The van der Waals surface area contributed by atoms with E-state index >= 15 is 0 Å². The Kier molecular flexibility index (Phi) is 2.29. The highest BCUT2D eigenvalue weighted by atomic mass is 79.9. The van der Waals surface area contributed by atoms with Gasteiger partial charge in [0.2, 0.25) is 0 Å². The average Bonchev–Trinajstić information content (AvgIpc) is 2.46. The summed E-state index contributed by atoms with van der Waals surface area (Å²) in [5.41, 5.74) is 0.604. The van der Waals surface area contributed by atoms with Crippen molar-refractivity contribution in [2.45, 2.75) is 0 Å². The fourth-order valence-corrected chi connectivity index (χ4v) is 3.06. The van der Waals surface area contributed by atoms with E-state index in [0.29, 0.717) is 10.6 Å². The van der Waals surface area contributed by atoms with E-state index in [4.69, 9.17) is 16.9 Å². The second-order valence-corrected chi connectivity index (χ2v) is 5.40. The topological polar surface area (TPSA) is 23.8 Å². The largest absolute Gasteiger partial charge is 0.192 e. The van der Waals surface area contributed by atoms with E-state index in [9.17, 15) is 0 Å². The monoisotopic (exact) mass is 271 g/mol. The van der Waals surface area contributed by atoms with Gasteiger partial charge in [0.1, 0.15) is 0 Å². The van der Waals surface area contributed by atoms with Crippen molar-refractivity contribution in [2.24, 2.45) is 0 Å². The lowest BCUT2D eigenvalue weighted by Crippen LogP contribution is -1.73. The first-order valence-corrected chi connectivity index (χ1v) is 5.48. The fraction of sp³-hybridized carbons (Fsp3) is 0. The molecule has 0 unspecified atom stereocenters. The molecule has 0 spiro atoms. The average molecular weight is 273 g/mol. The molecular weight excluding hydrogens is 270 g/mol. The summed E-state index contributed by atoms with van der Waals surface area (Å²) in [5.74, 6) is 0.